The van der Waals surface area contributed by atoms with Gasteiger partial charge in [-0.25, -0.2) is 0 Å². The van der Waals surface area contributed by atoms with Crippen LogP contribution in [0.2, 0.25) is 0 Å². The second-order valence-electron chi connectivity index (χ2n) is 8.60. The summed E-state index contributed by atoms with van der Waals surface area (Å²) < 4.78 is 10.7. The van der Waals surface area contributed by atoms with Crippen LogP contribution in [0, 0.1) is 0 Å². The third kappa shape index (κ3) is 10.8. The van der Waals surface area contributed by atoms with Gasteiger partial charge in [-0.1, -0.05) is 63.1 Å². The first-order valence-electron chi connectivity index (χ1n) is 12.6. The number of aryl methyl sites for hydroxylation is 1. The number of ether oxygens (including phenoxy) is 2. The number of carbonyl (C=O) groups excluding carboxylic acids is 2. The van der Waals surface area contributed by atoms with Crippen LogP contribution in [0.5, 0.6) is 5.75 Å². The number of rotatable bonds is 15. The van der Waals surface area contributed by atoms with E-state index in [2.05, 4.69) is 36.2 Å². The maximum absolute atomic E-state index is 12.1. The van der Waals surface area contributed by atoms with E-state index in [0.29, 0.717) is 18.6 Å². The van der Waals surface area contributed by atoms with E-state index in [1.807, 2.05) is 25.1 Å². The van der Waals surface area contributed by atoms with Gasteiger partial charge in [-0.2, -0.15) is 0 Å². The van der Waals surface area contributed by atoms with Gasteiger partial charge in [0.25, 0.3) is 0 Å². The molecule has 2 rings (SSSR count). The molecule has 0 bridgehead atoms. The van der Waals surface area contributed by atoms with Gasteiger partial charge in [-0.3, -0.25) is 14.6 Å². The van der Waals surface area contributed by atoms with Crippen LogP contribution in [0.4, 0.5) is 0 Å². The first-order valence-corrected chi connectivity index (χ1v) is 12.6. The molecule has 0 aliphatic carbocycles. The Bertz CT molecular complexity index is 887. The lowest BCUT2D eigenvalue weighted by molar-refractivity contribution is -0.148. The van der Waals surface area contributed by atoms with Gasteiger partial charge in [0.15, 0.2) is 0 Å². The third-order valence-corrected chi connectivity index (χ3v) is 5.57. The number of pyridine rings is 1. The fraction of sp³-hybridized carbons (Fsp3) is 0.483. The lowest BCUT2D eigenvalue weighted by Crippen LogP contribution is -2.14. The number of hydrogen-bond donors (Lipinski definition) is 0. The molecule has 5 heteroatoms. The quantitative estimate of drug-likeness (QED) is 0.158. The van der Waals surface area contributed by atoms with Gasteiger partial charge >= 0.3 is 11.9 Å². The van der Waals surface area contributed by atoms with Crippen LogP contribution in [0.25, 0.3) is 11.3 Å². The molecule has 0 spiro atoms. The predicted octanol–water partition coefficient (Wildman–Crippen LogP) is 7.24. The molecule has 184 valence electrons. The van der Waals surface area contributed by atoms with E-state index in [0.717, 1.165) is 49.8 Å². The van der Waals surface area contributed by atoms with E-state index in [1.54, 1.807) is 19.2 Å². The first kappa shape index (κ1) is 27.3. The summed E-state index contributed by atoms with van der Waals surface area (Å²) in [5.74, 6) is 0.0989. The fourth-order valence-corrected chi connectivity index (χ4v) is 3.46. The average Bonchev–Trinajstić information content (AvgIpc) is 2.85. The van der Waals surface area contributed by atoms with Crippen molar-refractivity contribution in [2.24, 2.45) is 0 Å². The monoisotopic (exact) mass is 465 g/mol. The molecular formula is C29H39NO4. The highest BCUT2D eigenvalue weighted by Gasteiger charge is 2.09. The molecule has 0 N–H and O–H groups in total. The van der Waals surface area contributed by atoms with Crippen LogP contribution >= 0.6 is 0 Å². The molecule has 5 nitrogen and oxygen atoms in total. The smallest absolute Gasteiger partial charge is 0.311 e. The highest BCUT2D eigenvalue weighted by atomic mass is 16.5. The van der Waals surface area contributed by atoms with E-state index in [-0.39, 0.29) is 18.0 Å². The minimum absolute atomic E-state index is 0.0866. The van der Waals surface area contributed by atoms with Gasteiger partial charge in [0.05, 0.1) is 18.0 Å². The lowest BCUT2D eigenvalue weighted by atomic mass is 10.0. The number of unbranched alkanes of at least 4 members (excludes halogenated alkanes) is 4. The predicted molar refractivity (Wildman–Crippen MR) is 137 cm³/mol. The summed E-state index contributed by atoms with van der Waals surface area (Å²) in [7, 11) is 0. The zero-order chi connectivity index (χ0) is 24.6. The average molecular weight is 466 g/mol. The van der Waals surface area contributed by atoms with Crippen molar-refractivity contribution in [2.45, 2.75) is 91.1 Å². The van der Waals surface area contributed by atoms with Gasteiger partial charge in [0.1, 0.15) is 5.75 Å². The number of hydrogen-bond acceptors (Lipinski definition) is 5. The molecule has 0 amide bonds. The number of carbonyl (C=O) groups is 2. The number of esters is 2. The van der Waals surface area contributed by atoms with Crippen LogP contribution in [0.3, 0.4) is 0 Å². The molecule has 0 fully saturated rings. The number of aromatic nitrogens is 1. The summed E-state index contributed by atoms with van der Waals surface area (Å²) in [5.41, 5.74) is 3.01. The molecule has 1 aromatic heterocycles. The SMILES string of the molecule is CCCCC=CCCCCC(=O)Oc1ccc(-c2ccc(CCC(C)OC(=O)CC)cc2)nc1. The van der Waals surface area contributed by atoms with Gasteiger partial charge < -0.3 is 9.47 Å². The van der Waals surface area contributed by atoms with Crippen molar-refractivity contribution in [1.82, 2.24) is 4.98 Å². The van der Waals surface area contributed by atoms with E-state index >= 15 is 0 Å². The zero-order valence-electron chi connectivity index (χ0n) is 20.9. The number of benzene rings is 1. The van der Waals surface area contributed by atoms with Gasteiger partial charge in [-0.15, -0.1) is 0 Å². The van der Waals surface area contributed by atoms with Gasteiger partial charge in [0, 0.05) is 18.4 Å². The molecule has 0 aliphatic rings. The standard InChI is InChI=1S/C29H39NO4/c1-4-6-7-8-9-10-11-12-13-29(32)34-26-20-21-27(30-22-26)25-18-16-24(17-19-25)15-14-23(3)33-28(31)5-2/h8-9,16-23H,4-7,10-15H2,1-3H3. The second kappa shape index (κ2) is 15.8. The summed E-state index contributed by atoms with van der Waals surface area (Å²) in [6.45, 7) is 5.92. The molecule has 0 aliphatic heterocycles. The minimum atomic E-state index is -0.215. The normalized spacial score (nSPS) is 12.0. The molecule has 1 unspecified atom stereocenters. The molecule has 34 heavy (non-hydrogen) atoms. The summed E-state index contributed by atoms with van der Waals surface area (Å²) in [6.07, 6.45) is 14.8. The zero-order valence-corrected chi connectivity index (χ0v) is 20.9. The van der Waals surface area contributed by atoms with Crippen LogP contribution in [-0.2, 0) is 20.7 Å². The Hall–Kier alpha value is -2.95. The topological polar surface area (TPSA) is 65.5 Å². The third-order valence-electron chi connectivity index (χ3n) is 5.57. The maximum Gasteiger partial charge on any atom is 0.311 e. The number of allylic oxidation sites excluding steroid dienone is 2. The van der Waals surface area contributed by atoms with Crippen molar-refractivity contribution in [3.05, 3.63) is 60.3 Å². The van der Waals surface area contributed by atoms with E-state index < -0.39 is 0 Å². The van der Waals surface area contributed by atoms with E-state index in [9.17, 15) is 9.59 Å². The fourth-order valence-electron chi connectivity index (χ4n) is 3.46. The van der Waals surface area contributed by atoms with E-state index in [1.165, 1.54) is 18.4 Å². The lowest BCUT2D eigenvalue weighted by Gasteiger charge is -2.12. The second-order valence-corrected chi connectivity index (χ2v) is 8.60. The number of nitrogens with zero attached hydrogens (tertiary/aromatic N) is 1. The Morgan fingerprint density at radius 1 is 0.941 bits per heavy atom. The Balaban J connectivity index is 1.73. The Labute approximate surface area is 204 Å². The van der Waals surface area contributed by atoms with E-state index in [4.69, 9.17) is 9.47 Å². The van der Waals surface area contributed by atoms with Crippen molar-refractivity contribution >= 4 is 11.9 Å². The molecule has 0 saturated heterocycles. The van der Waals surface area contributed by atoms with Crippen molar-refractivity contribution in [1.29, 1.82) is 0 Å². The van der Waals surface area contributed by atoms with Crippen molar-refractivity contribution in [2.75, 3.05) is 0 Å². The molecule has 1 atom stereocenters. The maximum atomic E-state index is 12.1. The largest absolute Gasteiger partial charge is 0.463 e. The molecular weight excluding hydrogens is 426 g/mol. The van der Waals surface area contributed by atoms with Crippen LogP contribution in [-0.4, -0.2) is 23.0 Å². The van der Waals surface area contributed by atoms with Crippen molar-refractivity contribution in [3.8, 4) is 17.0 Å². The molecule has 0 radical (unpaired) electrons. The van der Waals surface area contributed by atoms with Gasteiger partial charge in [-0.05, 0) is 63.1 Å². The molecule has 0 saturated carbocycles. The molecule has 1 heterocycles. The summed E-state index contributed by atoms with van der Waals surface area (Å²) in [5, 5.41) is 0. The van der Waals surface area contributed by atoms with Crippen LogP contribution < -0.4 is 4.74 Å². The minimum Gasteiger partial charge on any atom is -0.463 e. The summed E-state index contributed by atoms with van der Waals surface area (Å²) in [6, 6.07) is 11.8. The van der Waals surface area contributed by atoms with Crippen LogP contribution in [0.15, 0.2) is 54.7 Å². The van der Waals surface area contributed by atoms with Gasteiger partial charge in [0.2, 0.25) is 0 Å². The highest BCUT2D eigenvalue weighted by molar-refractivity contribution is 5.72. The Morgan fingerprint density at radius 3 is 2.32 bits per heavy atom. The summed E-state index contributed by atoms with van der Waals surface area (Å²) >= 11 is 0. The van der Waals surface area contributed by atoms with Crippen LogP contribution in [0.1, 0.15) is 84.1 Å². The first-order chi connectivity index (χ1) is 16.5. The van der Waals surface area contributed by atoms with Crippen molar-refractivity contribution in [3.63, 3.8) is 0 Å². The Kier molecular flexibility index (Phi) is 12.7. The molecule has 1 aromatic carbocycles. The Morgan fingerprint density at radius 2 is 1.68 bits per heavy atom. The van der Waals surface area contributed by atoms with Crippen molar-refractivity contribution < 1.29 is 19.1 Å². The summed E-state index contributed by atoms with van der Waals surface area (Å²) in [4.78, 5) is 27.9. The highest BCUT2D eigenvalue weighted by Crippen LogP contribution is 2.21. The molecule has 2 aromatic rings.